The lowest BCUT2D eigenvalue weighted by atomic mass is 9.93. The van der Waals surface area contributed by atoms with Crippen molar-refractivity contribution in [2.45, 2.75) is 0 Å². The van der Waals surface area contributed by atoms with Crippen LogP contribution in [0.15, 0.2) is 79.4 Å². The molecule has 5 aromatic rings. The molecule has 0 N–H and O–H groups in total. The van der Waals surface area contributed by atoms with Gasteiger partial charge in [0.25, 0.3) is 0 Å². The largest absolute Gasteiger partial charge is 0.248 e. The molecule has 1 nitrogen and oxygen atoms in total. The summed E-state index contributed by atoms with van der Waals surface area (Å²) in [6.45, 7) is 8.17. The van der Waals surface area contributed by atoms with Gasteiger partial charge in [0.2, 0.25) is 0 Å². The van der Waals surface area contributed by atoms with Gasteiger partial charge < -0.3 is 0 Å². The summed E-state index contributed by atoms with van der Waals surface area (Å²) in [6, 6.07) is 25.4. The third kappa shape index (κ3) is 2.14. The zero-order chi connectivity index (χ0) is 17.7. The number of nitrogens with zero attached hydrogens (tertiary/aromatic N) is 1. The van der Waals surface area contributed by atoms with E-state index in [4.69, 9.17) is 4.98 Å². The van der Waals surface area contributed by atoms with Crippen molar-refractivity contribution in [3.8, 4) is 11.3 Å². The first-order valence-electron chi connectivity index (χ1n) is 8.71. The average Bonchev–Trinajstić information content (AvgIpc) is 2.69. The van der Waals surface area contributed by atoms with Crippen LogP contribution in [0.25, 0.3) is 56.4 Å². The standard InChI is InChI=1S/C25H17N/c1-3-17-10-11-20-15-21(14-19-9-8-16(2)24(17)25(19)20)23-13-12-18-6-4-5-7-22(18)26-23/h3-15H,1-2H2. The van der Waals surface area contributed by atoms with Crippen molar-refractivity contribution >= 4 is 45.1 Å². The number of fused-ring (bicyclic) bond motifs is 1. The lowest BCUT2D eigenvalue weighted by Crippen LogP contribution is -2.01. The lowest BCUT2D eigenvalue weighted by Gasteiger charge is -2.12. The second-order valence-electron chi connectivity index (χ2n) is 6.65. The Morgan fingerprint density at radius 3 is 2.27 bits per heavy atom. The van der Waals surface area contributed by atoms with Gasteiger partial charge in [-0.25, -0.2) is 4.98 Å². The van der Waals surface area contributed by atoms with E-state index in [1.165, 1.54) is 21.5 Å². The summed E-state index contributed by atoms with van der Waals surface area (Å²) in [5, 5.41) is 7.05. The molecule has 0 aliphatic rings. The highest BCUT2D eigenvalue weighted by Gasteiger charge is 2.10. The van der Waals surface area contributed by atoms with Crippen LogP contribution in [-0.4, -0.2) is 4.98 Å². The van der Waals surface area contributed by atoms with E-state index in [0.717, 1.165) is 32.9 Å². The summed E-state index contributed by atoms with van der Waals surface area (Å²) < 4.78 is 0. The van der Waals surface area contributed by atoms with Crippen molar-refractivity contribution in [1.29, 1.82) is 0 Å². The van der Waals surface area contributed by atoms with Gasteiger partial charge in [-0.3, -0.25) is 0 Å². The van der Waals surface area contributed by atoms with Crippen LogP contribution in [0, 0.1) is 0 Å². The summed E-state index contributed by atoms with van der Waals surface area (Å²) in [6.07, 6.45) is 1.90. The van der Waals surface area contributed by atoms with Gasteiger partial charge in [-0.05, 0) is 56.6 Å². The average molecular weight is 331 g/mol. The summed E-state index contributed by atoms with van der Waals surface area (Å²) in [5.41, 5.74) is 4.27. The Balaban J connectivity index is 1.83. The predicted molar refractivity (Wildman–Crippen MR) is 113 cm³/mol. The van der Waals surface area contributed by atoms with E-state index in [1.807, 2.05) is 18.2 Å². The fourth-order valence-corrected chi connectivity index (χ4v) is 3.81. The molecule has 1 heteroatoms. The molecule has 0 saturated carbocycles. The first kappa shape index (κ1) is 14.9. The Morgan fingerprint density at radius 2 is 1.46 bits per heavy atom. The van der Waals surface area contributed by atoms with E-state index < -0.39 is 0 Å². The zero-order valence-corrected chi connectivity index (χ0v) is 14.4. The highest BCUT2D eigenvalue weighted by molar-refractivity contribution is 6.14. The molecule has 1 heterocycles. The maximum absolute atomic E-state index is 4.86. The number of benzene rings is 4. The molecule has 5 rings (SSSR count). The van der Waals surface area contributed by atoms with Gasteiger partial charge in [-0.2, -0.15) is 0 Å². The minimum absolute atomic E-state index is 0.994. The highest BCUT2D eigenvalue weighted by Crippen LogP contribution is 2.32. The number of hydrogen-bond donors (Lipinski definition) is 0. The number of rotatable bonds is 2. The maximum Gasteiger partial charge on any atom is 0.0710 e. The molecule has 0 aliphatic heterocycles. The molecule has 122 valence electrons. The Bertz CT molecular complexity index is 1340. The highest BCUT2D eigenvalue weighted by atomic mass is 14.7. The quantitative estimate of drug-likeness (QED) is 0.388. The van der Waals surface area contributed by atoms with Crippen LogP contribution in [-0.2, 0) is 0 Å². The second kappa shape index (κ2) is 5.53. The third-order valence-electron chi connectivity index (χ3n) is 5.08. The van der Waals surface area contributed by atoms with Crippen molar-refractivity contribution in [3.05, 3.63) is 90.2 Å². The number of pyridine rings is 1. The minimum atomic E-state index is 0.994. The number of para-hydroxylation sites is 1. The predicted octanol–water partition coefficient (Wildman–Crippen LogP) is 5.98. The van der Waals surface area contributed by atoms with Gasteiger partial charge in [-0.1, -0.05) is 67.8 Å². The molecule has 0 fully saturated rings. The van der Waals surface area contributed by atoms with Crippen LogP contribution in [0.1, 0.15) is 5.56 Å². The van der Waals surface area contributed by atoms with Gasteiger partial charge in [0.1, 0.15) is 0 Å². The van der Waals surface area contributed by atoms with Crippen molar-refractivity contribution < 1.29 is 0 Å². The van der Waals surface area contributed by atoms with Crippen LogP contribution in [0.5, 0.6) is 0 Å². The van der Waals surface area contributed by atoms with Crippen molar-refractivity contribution in [2.75, 3.05) is 0 Å². The van der Waals surface area contributed by atoms with Crippen LogP contribution in [0.3, 0.4) is 0 Å². The summed E-state index contributed by atoms with van der Waals surface area (Å²) >= 11 is 0. The fourth-order valence-electron chi connectivity index (χ4n) is 3.81. The van der Waals surface area contributed by atoms with E-state index in [-0.39, 0.29) is 0 Å². The molecule has 0 unspecified atom stereocenters. The van der Waals surface area contributed by atoms with Crippen LogP contribution >= 0.6 is 0 Å². The van der Waals surface area contributed by atoms with Crippen molar-refractivity contribution in [1.82, 2.24) is 4.98 Å². The molecule has 0 atom stereocenters. The van der Waals surface area contributed by atoms with Gasteiger partial charge >= 0.3 is 0 Å². The number of aromatic nitrogens is 1. The molecular formula is C25H17N. The first-order valence-corrected chi connectivity index (χ1v) is 8.71. The van der Waals surface area contributed by atoms with E-state index in [0.29, 0.717) is 0 Å². The van der Waals surface area contributed by atoms with Gasteiger partial charge in [-0.15, -0.1) is 0 Å². The van der Waals surface area contributed by atoms with Gasteiger partial charge in [0.05, 0.1) is 11.2 Å². The Morgan fingerprint density at radius 1 is 0.731 bits per heavy atom. The summed E-state index contributed by atoms with van der Waals surface area (Å²) in [7, 11) is 0. The molecule has 1 aromatic heterocycles. The molecular weight excluding hydrogens is 314 g/mol. The molecule has 0 spiro atoms. The van der Waals surface area contributed by atoms with E-state index in [9.17, 15) is 0 Å². The zero-order valence-electron chi connectivity index (χ0n) is 14.4. The fraction of sp³-hybridized carbons (Fsp3) is 0. The van der Waals surface area contributed by atoms with E-state index in [2.05, 4.69) is 73.8 Å². The van der Waals surface area contributed by atoms with Gasteiger partial charge in [0.15, 0.2) is 0 Å². The van der Waals surface area contributed by atoms with Crippen LogP contribution in [0.2, 0.25) is 0 Å². The normalized spacial score (nSPS) is 11.4. The topological polar surface area (TPSA) is 12.9 Å². The molecule has 0 amide bonds. The van der Waals surface area contributed by atoms with Crippen molar-refractivity contribution in [2.24, 2.45) is 0 Å². The van der Waals surface area contributed by atoms with Crippen molar-refractivity contribution in [3.63, 3.8) is 0 Å². The molecule has 0 aliphatic carbocycles. The third-order valence-corrected chi connectivity index (χ3v) is 5.08. The second-order valence-corrected chi connectivity index (χ2v) is 6.65. The minimum Gasteiger partial charge on any atom is -0.248 e. The SMILES string of the molecule is C=Cc1ccc2cc(-c3ccc4ccccc4n3)cc3ccc(=C)c1c23. The maximum atomic E-state index is 4.86. The molecule has 0 saturated heterocycles. The molecule has 4 aromatic carbocycles. The first-order chi connectivity index (χ1) is 12.7. The smallest absolute Gasteiger partial charge is 0.0710 e. The number of hydrogen-bond acceptors (Lipinski definition) is 1. The van der Waals surface area contributed by atoms with Crippen LogP contribution < -0.4 is 5.22 Å². The summed E-state index contributed by atoms with van der Waals surface area (Å²) in [4.78, 5) is 4.86. The molecule has 26 heavy (non-hydrogen) atoms. The molecule has 0 radical (unpaired) electrons. The Kier molecular flexibility index (Phi) is 3.16. The Hall–Kier alpha value is -3.45. The van der Waals surface area contributed by atoms with Gasteiger partial charge in [0, 0.05) is 10.9 Å². The summed E-state index contributed by atoms with van der Waals surface area (Å²) in [5.74, 6) is 0. The monoisotopic (exact) mass is 331 g/mol. The van der Waals surface area contributed by atoms with E-state index >= 15 is 0 Å². The lowest BCUT2D eigenvalue weighted by molar-refractivity contribution is 1.41. The van der Waals surface area contributed by atoms with E-state index in [1.54, 1.807) is 0 Å². The molecule has 0 bridgehead atoms. The van der Waals surface area contributed by atoms with Crippen LogP contribution in [0.4, 0.5) is 0 Å². The Labute approximate surface area is 151 Å².